The summed E-state index contributed by atoms with van der Waals surface area (Å²) in [5.74, 6) is -1.47. The normalized spacial score (nSPS) is 14.4. The second-order valence-corrected chi connectivity index (χ2v) is 7.72. The van der Waals surface area contributed by atoms with E-state index in [-0.39, 0.29) is 5.82 Å². The number of aryl methyl sites for hydroxylation is 2. The van der Waals surface area contributed by atoms with Crippen LogP contribution in [0.3, 0.4) is 0 Å². The zero-order valence-corrected chi connectivity index (χ0v) is 17.6. The molecule has 0 unspecified atom stereocenters. The molecule has 1 aliphatic heterocycles. The Labute approximate surface area is 177 Å². The Morgan fingerprint density at radius 1 is 0.967 bits per heavy atom. The summed E-state index contributed by atoms with van der Waals surface area (Å²) < 4.78 is 13.9. The van der Waals surface area contributed by atoms with Crippen LogP contribution in [0, 0.1) is 19.7 Å². The van der Waals surface area contributed by atoms with Gasteiger partial charge in [-0.3, -0.25) is 14.5 Å². The molecule has 1 saturated heterocycles. The van der Waals surface area contributed by atoms with Crippen molar-refractivity contribution < 1.29 is 14.0 Å². The number of carbonyl (C=O) groups excluding carboxylic acids is 2. The van der Waals surface area contributed by atoms with E-state index < -0.39 is 11.8 Å². The molecular weight excluding hydrogens is 383 g/mol. The van der Waals surface area contributed by atoms with E-state index in [0.29, 0.717) is 17.9 Å². The number of amides is 2. The molecule has 0 radical (unpaired) electrons. The highest BCUT2D eigenvalue weighted by atomic mass is 19.1. The number of piperazine rings is 1. The summed E-state index contributed by atoms with van der Waals surface area (Å²) in [5.41, 5.74) is 3.33. The zero-order chi connectivity index (χ0) is 21.5. The number of benzene rings is 2. The second kappa shape index (κ2) is 10.2. The third-order valence-corrected chi connectivity index (χ3v) is 5.19. The van der Waals surface area contributed by atoms with Crippen LogP contribution < -0.4 is 15.5 Å². The van der Waals surface area contributed by atoms with Crippen LogP contribution in [0.1, 0.15) is 17.5 Å². The van der Waals surface area contributed by atoms with Gasteiger partial charge in [0, 0.05) is 38.4 Å². The van der Waals surface area contributed by atoms with Crippen LogP contribution in [-0.2, 0) is 9.59 Å². The molecule has 6 nitrogen and oxygen atoms in total. The highest BCUT2D eigenvalue weighted by Crippen LogP contribution is 2.20. The van der Waals surface area contributed by atoms with Crippen molar-refractivity contribution in [1.29, 1.82) is 0 Å². The highest BCUT2D eigenvalue weighted by molar-refractivity contribution is 6.39. The van der Waals surface area contributed by atoms with Crippen LogP contribution in [0.25, 0.3) is 0 Å². The summed E-state index contributed by atoms with van der Waals surface area (Å²) in [6.45, 7) is 8.37. The zero-order valence-electron chi connectivity index (χ0n) is 17.6. The van der Waals surface area contributed by atoms with Gasteiger partial charge in [-0.2, -0.15) is 0 Å². The van der Waals surface area contributed by atoms with E-state index >= 15 is 0 Å². The van der Waals surface area contributed by atoms with Crippen molar-refractivity contribution >= 4 is 23.2 Å². The number of nitrogens with zero attached hydrogens (tertiary/aromatic N) is 2. The molecule has 3 rings (SSSR count). The molecule has 2 amide bonds. The molecule has 1 fully saturated rings. The van der Waals surface area contributed by atoms with Gasteiger partial charge in [0.1, 0.15) is 5.82 Å². The smallest absolute Gasteiger partial charge is 0.313 e. The fourth-order valence-corrected chi connectivity index (χ4v) is 3.74. The molecule has 2 aromatic rings. The third-order valence-electron chi connectivity index (χ3n) is 5.19. The Morgan fingerprint density at radius 3 is 2.30 bits per heavy atom. The van der Waals surface area contributed by atoms with Gasteiger partial charge >= 0.3 is 11.8 Å². The largest absolute Gasteiger partial charge is 0.367 e. The quantitative estimate of drug-likeness (QED) is 0.566. The van der Waals surface area contributed by atoms with Crippen molar-refractivity contribution in [2.24, 2.45) is 0 Å². The number of anilines is 2. The molecule has 0 atom stereocenters. The first-order chi connectivity index (χ1) is 14.4. The fraction of sp³-hybridized carbons (Fsp3) is 0.391. The van der Waals surface area contributed by atoms with Crippen LogP contribution in [0.5, 0.6) is 0 Å². The van der Waals surface area contributed by atoms with Crippen molar-refractivity contribution in [2.75, 3.05) is 49.5 Å². The minimum absolute atomic E-state index is 0.187. The maximum absolute atomic E-state index is 13.9. The summed E-state index contributed by atoms with van der Waals surface area (Å²) >= 11 is 0. The number of halogens is 1. The monoisotopic (exact) mass is 412 g/mol. The minimum atomic E-state index is -0.654. The summed E-state index contributed by atoms with van der Waals surface area (Å²) in [5, 5.41) is 5.32. The van der Waals surface area contributed by atoms with Crippen molar-refractivity contribution in [3.63, 3.8) is 0 Å². The first kappa shape index (κ1) is 21.8. The predicted octanol–water partition coefficient (Wildman–Crippen LogP) is 2.71. The Kier molecular flexibility index (Phi) is 7.41. The van der Waals surface area contributed by atoms with Crippen LogP contribution in [0.15, 0.2) is 42.5 Å². The minimum Gasteiger partial charge on any atom is -0.367 e. The fourth-order valence-electron chi connectivity index (χ4n) is 3.74. The number of rotatable bonds is 6. The highest BCUT2D eigenvalue weighted by Gasteiger charge is 2.19. The summed E-state index contributed by atoms with van der Waals surface area (Å²) in [6.07, 6.45) is 0.752. The maximum atomic E-state index is 13.9. The van der Waals surface area contributed by atoms with Crippen LogP contribution >= 0.6 is 0 Å². The van der Waals surface area contributed by atoms with Gasteiger partial charge in [0.05, 0.1) is 5.69 Å². The van der Waals surface area contributed by atoms with Crippen molar-refractivity contribution in [3.8, 4) is 0 Å². The number of hydrogen-bond donors (Lipinski definition) is 2. The predicted molar refractivity (Wildman–Crippen MR) is 117 cm³/mol. The summed E-state index contributed by atoms with van der Waals surface area (Å²) in [4.78, 5) is 28.4. The number of nitrogens with one attached hydrogen (secondary N) is 2. The van der Waals surface area contributed by atoms with E-state index in [1.54, 1.807) is 6.07 Å². The van der Waals surface area contributed by atoms with E-state index in [0.717, 1.165) is 50.3 Å². The van der Waals surface area contributed by atoms with Crippen LogP contribution in [-0.4, -0.2) is 56.0 Å². The number of carbonyl (C=O) groups is 2. The molecule has 0 bridgehead atoms. The molecule has 1 aliphatic rings. The summed E-state index contributed by atoms with van der Waals surface area (Å²) in [6, 6.07) is 12.5. The van der Waals surface area contributed by atoms with E-state index in [1.807, 2.05) is 44.2 Å². The third kappa shape index (κ3) is 6.03. The van der Waals surface area contributed by atoms with Gasteiger partial charge in [-0.25, -0.2) is 4.39 Å². The lowest BCUT2D eigenvalue weighted by Crippen LogP contribution is -2.47. The first-order valence-corrected chi connectivity index (χ1v) is 10.3. The molecule has 0 spiro atoms. The van der Waals surface area contributed by atoms with Crippen molar-refractivity contribution in [2.45, 2.75) is 20.3 Å². The molecule has 0 aromatic heterocycles. The molecule has 1 heterocycles. The van der Waals surface area contributed by atoms with Gasteiger partial charge in [-0.15, -0.1) is 0 Å². The molecule has 7 heteroatoms. The Bertz CT molecular complexity index is 874. The molecule has 30 heavy (non-hydrogen) atoms. The molecule has 0 aliphatic carbocycles. The van der Waals surface area contributed by atoms with Gasteiger partial charge < -0.3 is 15.5 Å². The van der Waals surface area contributed by atoms with E-state index in [9.17, 15) is 14.0 Å². The van der Waals surface area contributed by atoms with E-state index in [1.165, 1.54) is 6.07 Å². The van der Waals surface area contributed by atoms with Gasteiger partial charge in [-0.1, -0.05) is 18.2 Å². The molecule has 2 aromatic carbocycles. The van der Waals surface area contributed by atoms with Gasteiger partial charge in [0.25, 0.3) is 0 Å². The first-order valence-electron chi connectivity index (χ1n) is 10.3. The number of para-hydroxylation sites is 1. The van der Waals surface area contributed by atoms with Gasteiger partial charge in [0.15, 0.2) is 0 Å². The average molecular weight is 413 g/mol. The van der Waals surface area contributed by atoms with Crippen LogP contribution in [0.2, 0.25) is 0 Å². The lowest BCUT2D eigenvalue weighted by atomic mass is 10.1. The molecule has 160 valence electrons. The molecular formula is C23H29FN4O2. The Balaban J connectivity index is 1.34. The van der Waals surface area contributed by atoms with Crippen molar-refractivity contribution in [3.05, 3.63) is 59.4 Å². The van der Waals surface area contributed by atoms with Gasteiger partial charge in [0.2, 0.25) is 0 Å². The SMILES string of the molecule is Cc1cc(C)cc(NC(=O)C(=O)NCCCN2CCN(c3ccccc3F)CC2)c1. The second-order valence-electron chi connectivity index (χ2n) is 7.72. The number of hydrogen-bond acceptors (Lipinski definition) is 4. The van der Waals surface area contributed by atoms with E-state index in [2.05, 4.69) is 20.4 Å². The average Bonchev–Trinajstić information content (AvgIpc) is 2.71. The van der Waals surface area contributed by atoms with Gasteiger partial charge in [-0.05, 0) is 62.2 Å². The van der Waals surface area contributed by atoms with Crippen molar-refractivity contribution in [1.82, 2.24) is 10.2 Å². The molecule has 0 saturated carbocycles. The topological polar surface area (TPSA) is 64.7 Å². The Morgan fingerprint density at radius 2 is 1.63 bits per heavy atom. The lowest BCUT2D eigenvalue weighted by Gasteiger charge is -2.36. The summed E-state index contributed by atoms with van der Waals surface area (Å²) in [7, 11) is 0. The lowest BCUT2D eigenvalue weighted by molar-refractivity contribution is -0.136. The standard InChI is InChI=1S/C23H29FN4O2/c1-17-14-18(2)16-19(15-17)26-23(30)22(29)25-8-5-9-27-10-12-28(13-11-27)21-7-4-3-6-20(21)24/h3-4,6-7,14-16H,5,8-13H2,1-2H3,(H,25,29)(H,26,30). The van der Waals surface area contributed by atoms with E-state index in [4.69, 9.17) is 0 Å². The Hall–Kier alpha value is -2.93. The maximum Gasteiger partial charge on any atom is 0.313 e. The van der Waals surface area contributed by atoms with Crippen LogP contribution in [0.4, 0.5) is 15.8 Å². The molecule has 2 N–H and O–H groups in total.